The van der Waals surface area contributed by atoms with E-state index in [-0.39, 0.29) is 18.6 Å². The average Bonchev–Trinajstić information content (AvgIpc) is 2.38. The Morgan fingerprint density at radius 3 is 2.43 bits per heavy atom. The topological polar surface area (TPSA) is 49.3 Å². The van der Waals surface area contributed by atoms with E-state index in [1.54, 1.807) is 13.8 Å². The van der Waals surface area contributed by atoms with Crippen molar-refractivity contribution in [1.29, 1.82) is 0 Å². The number of hydrogen-bond acceptors (Lipinski definition) is 2. The third-order valence-electron chi connectivity index (χ3n) is 3.39. The van der Waals surface area contributed by atoms with Crippen LogP contribution in [0.15, 0.2) is 18.2 Å². The van der Waals surface area contributed by atoms with Crippen molar-refractivity contribution < 1.29 is 27.5 Å². The second kappa shape index (κ2) is 6.43. The molecule has 0 aliphatic carbocycles. The van der Waals surface area contributed by atoms with E-state index >= 15 is 0 Å². The van der Waals surface area contributed by atoms with Crippen LogP contribution in [0.5, 0.6) is 0 Å². The Balaban J connectivity index is 3.04. The molecule has 0 aliphatic heterocycles. The van der Waals surface area contributed by atoms with Gasteiger partial charge in [-0.15, -0.1) is 0 Å². The minimum atomic E-state index is -4.86. The lowest BCUT2D eigenvalue weighted by Crippen LogP contribution is -2.46. The second-order valence-corrected chi connectivity index (χ2v) is 5.03. The maximum absolute atomic E-state index is 13.2. The standard InChI is InChI=1S/C14H17F4NO2/c1-3-13(2,6-7-20)19-12(21)9-4-5-11(15)10(8-9)14(16,17)18/h4-5,8,20H,3,6-7H2,1-2H3,(H,19,21). The SMILES string of the molecule is CCC(C)(CCO)NC(=O)c1ccc(F)c(C(F)(F)F)c1. The van der Waals surface area contributed by atoms with Crippen molar-refractivity contribution >= 4 is 5.91 Å². The molecule has 0 saturated carbocycles. The first-order chi connectivity index (χ1) is 9.63. The monoisotopic (exact) mass is 307 g/mol. The summed E-state index contributed by atoms with van der Waals surface area (Å²) in [6, 6.07) is 2.10. The molecular formula is C14H17F4NO2. The highest BCUT2D eigenvalue weighted by Gasteiger charge is 2.35. The average molecular weight is 307 g/mol. The molecule has 7 heteroatoms. The van der Waals surface area contributed by atoms with Crippen LogP contribution >= 0.6 is 0 Å². The Labute approximate surface area is 120 Å². The van der Waals surface area contributed by atoms with Gasteiger partial charge in [-0.25, -0.2) is 4.39 Å². The molecule has 1 unspecified atom stereocenters. The van der Waals surface area contributed by atoms with Crippen LogP contribution in [0.25, 0.3) is 0 Å². The number of nitrogens with one attached hydrogen (secondary N) is 1. The highest BCUT2D eigenvalue weighted by Crippen LogP contribution is 2.32. The molecular weight excluding hydrogens is 290 g/mol. The van der Waals surface area contributed by atoms with Gasteiger partial charge in [-0.3, -0.25) is 4.79 Å². The van der Waals surface area contributed by atoms with E-state index in [0.717, 1.165) is 6.07 Å². The maximum atomic E-state index is 13.2. The van der Waals surface area contributed by atoms with Crippen LogP contribution in [0.1, 0.15) is 42.6 Å². The Morgan fingerprint density at radius 2 is 1.95 bits per heavy atom. The number of rotatable bonds is 5. The lowest BCUT2D eigenvalue weighted by atomic mass is 9.94. The summed E-state index contributed by atoms with van der Waals surface area (Å²) in [5, 5.41) is 11.5. The molecule has 1 aromatic rings. The quantitative estimate of drug-likeness (QED) is 0.821. The minimum Gasteiger partial charge on any atom is -0.396 e. The number of aliphatic hydroxyl groups excluding tert-OH is 1. The summed E-state index contributed by atoms with van der Waals surface area (Å²) in [6.07, 6.45) is -4.10. The Morgan fingerprint density at radius 1 is 1.33 bits per heavy atom. The molecule has 0 radical (unpaired) electrons. The van der Waals surface area contributed by atoms with Gasteiger partial charge in [0.15, 0.2) is 0 Å². The Kier molecular flexibility index (Phi) is 5.33. The molecule has 0 aromatic heterocycles. The van der Waals surface area contributed by atoms with Gasteiger partial charge in [0, 0.05) is 17.7 Å². The van der Waals surface area contributed by atoms with E-state index < -0.39 is 29.0 Å². The fraction of sp³-hybridized carbons (Fsp3) is 0.500. The zero-order chi connectivity index (χ0) is 16.3. The van der Waals surface area contributed by atoms with Crippen molar-refractivity contribution in [2.45, 2.75) is 38.4 Å². The molecule has 0 fully saturated rings. The number of alkyl halides is 3. The van der Waals surface area contributed by atoms with Crippen molar-refractivity contribution in [1.82, 2.24) is 5.32 Å². The van der Waals surface area contributed by atoms with E-state index in [1.807, 2.05) is 0 Å². The number of aliphatic hydroxyl groups is 1. The van der Waals surface area contributed by atoms with E-state index in [0.29, 0.717) is 18.6 Å². The third-order valence-corrected chi connectivity index (χ3v) is 3.39. The van der Waals surface area contributed by atoms with Gasteiger partial charge in [0.2, 0.25) is 0 Å². The maximum Gasteiger partial charge on any atom is 0.419 e. The predicted molar refractivity (Wildman–Crippen MR) is 69.3 cm³/mol. The molecule has 1 amide bonds. The van der Waals surface area contributed by atoms with E-state index in [1.165, 1.54) is 0 Å². The molecule has 1 rings (SSSR count). The smallest absolute Gasteiger partial charge is 0.396 e. The lowest BCUT2D eigenvalue weighted by Gasteiger charge is -2.29. The van der Waals surface area contributed by atoms with Crippen LogP contribution in [0.4, 0.5) is 17.6 Å². The molecule has 1 atom stereocenters. The van der Waals surface area contributed by atoms with Gasteiger partial charge in [0.25, 0.3) is 5.91 Å². The number of hydrogen-bond donors (Lipinski definition) is 2. The van der Waals surface area contributed by atoms with Crippen LogP contribution in [0.2, 0.25) is 0 Å². The van der Waals surface area contributed by atoms with Gasteiger partial charge in [-0.05, 0) is 38.0 Å². The summed E-state index contributed by atoms with van der Waals surface area (Å²) in [5.41, 5.74) is -2.49. The second-order valence-electron chi connectivity index (χ2n) is 5.03. The van der Waals surface area contributed by atoms with Crippen LogP contribution in [0, 0.1) is 5.82 Å². The molecule has 3 nitrogen and oxygen atoms in total. The van der Waals surface area contributed by atoms with Gasteiger partial charge >= 0.3 is 6.18 Å². The molecule has 0 aliphatic rings. The molecule has 0 spiro atoms. The van der Waals surface area contributed by atoms with Gasteiger partial charge in [-0.2, -0.15) is 13.2 Å². The molecule has 0 bridgehead atoms. The summed E-state index contributed by atoms with van der Waals surface area (Å²) in [7, 11) is 0. The third kappa shape index (κ3) is 4.42. The Hall–Kier alpha value is -1.63. The van der Waals surface area contributed by atoms with Crippen molar-refractivity contribution in [2.24, 2.45) is 0 Å². The Bertz CT molecular complexity index is 516. The van der Waals surface area contributed by atoms with Gasteiger partial charge in [-0.1, -0.05) is 6.92 Å². The molecule has 0 heterocycles. The molecule has 118 valence electrons. The molecule has 0 saturated heterocycles. The molecule has 1 aromatic carbocycles. The highest BCUT2D eigenvalue weighted by atomic mass is 19.4. The zero-order valence-electron chi connectivity index (χ0n) is 11.7. The van der Waals surface area contributed by atoms with Gasteiger partial charge < -0.3 is 10.4 Å². The van der Waals surface area contributed by atoms with Gasteiger partial charge in [0.05, 0.1) is 5.56 Å². The summed E-state index contributed by atoms with van der Waals surface area (Å²) in [5.74, 6) is -2.16. The largest absolute Gasteiger partial charge is 0.419 e. The fourth-order valence-electron chi connectivity index (χ4n) is 1.80. The van der Waals surface area contributed by atoms with Crippen LogP contribution < -0.4 is 5.32 Å². The zero-order valence-corrected chi connectivity index (χ0v) is 11.7. The molecule has 2 N–H and O–H groups in total. The summed E-state index contributed by atoms with van der Waals surface area (Å²) < 4.78 is 51.0. The van der Waals surface area contributed by atoms with Crippen molar-refractivity contribution in [2.75, 3.05) is 6.61 Å². The van der Waals surface area contributed by atoms with Gasteiger partial charge in [0.1, 0.15) is 5.82 Å². The number of amides is 1. The summed E-state index contributed by atoms with van der Waals surface area (Å²) >= 11 is 0. The first-order valence-electron chi connectivity index (χ1n) is 6.43. The van der Waals surface area contributed by atoms with E-state index in [2.05, 4.69) is 5.32 Å². The van der Waals surface area contributed by atoms with E-state index in [9.17, 15) is 22.4 Å². The van der Waals surface area contributed by atoms with Crippen LogP contribution in [-0.4, -0.2) is 23.2 Å². The first kappa shape index (κ1) is 17.4. The number of halogens is 4. The number of benzene rings is 1. The van der Waals surface area contributed by atoms with Crippen LogP contribution in [-0.2, 0) is 6.18 Å². The first-order valence-corrected chi connectivity index (χ1v) is 6.43. The minimum absolute atomic E-state index is 0.165. The van der Waals surface area contributed by atoms with E-state index in [4.69, 9.17) is 5.11 Å². The number of carbonyl (C=O) groups is 1. The summed E-state index contributed by atoms with van der Waals surface area (Å²) in [4.78, 5) is 12.0. The number of carbonyl (C=O) groups excluding carboxylic acids is 1. The fourth-order valence-corrected chi connectivity index (χ4v) is 1.80. The predicted octanol–water partition coefficient (Wildman–Crippen LogP) is 3.13. The molecule has 21 heavy (non-hydrogen) atoms. The highest BCUT2D eigenvalue weighted by molar-refractivity contribution is 5.94. The van der Waals surface area contributed by atoms with Crippen molar-refractivity contribution in [3.63, 3.8) is 0 Å². The van der Waals surface area contributed by atoms with Crippen LogP contribution in [0.3, 0.4) is 0 Å². The summed E-state index contributed by atoms with van der Waals surface area (Å²) in [6.45, 7) is 3.29. The normalized spacial score (nSPS) is 14.6. The van der Waals surface area contributed by atoms with Crippen molar-refractivity contribution in [3.8, 4) is 0 Å². The van der Waals surface area contributed by atoms with Crippen molar-refractivity contribution in [3.05, 3.63) is 35.1 Å². The lowest BCUT2D eigenvalue weighted by molar-refractivity contribution is -0.140.